The zero-order valence-corrected chi connectivity index (χ0v) is 13.5. The van der Waals surface area contributed by atoms with E-state index in [1.165, 1.54) is 5.32 Å². The molecular weight excluding hydrogens is 361 g/mol. The van der Waals surface area contributed by atoms with E-state index in [0.717, 1.165) is 0 Å². The Morgan fingerprint density at radius 1 is 1.15 bits per heavy atom. The van der Waals surface area contributed by atoms with E-state index in [2.05, 4.69) is 0 Å². The van der Waals surface area contributed by atoms with E-state index in [-0.39, 0.29) is 0 Å². The number of alkyl halides is 3. The SMILES string of the molecule is CC1Oc2ccccc2OC1C(=O)OCC(=O)NC(=O)NCC(F)(F)F. The van der Waals surface area contributed by atoms with Gasteiger partial charge in [0.1, 0.15) is 12.6 Å². The van der Waals surface area contributed by atoms with Crippen LogP contribution < -0.4 is 20.1 Å². The Morgan fingerprint density at radius 2 is 1.77 bits per heavy atom. The van der Waals surface area contributed by atoms with Crippen molar-refractivity contribution < 1.29 is 41.8 Å². The Bertz CT molecular complexity index is 694. The van der Waals surface area contributed by atoms with Crippen molar-refractivity contribution in [3.63, 3.8) is 0 Å². The molecule has 1 aromatic carbocycles. The number of carbonyl (C=O) groups excluding carboxylic acids is 3. The first kappa shape index (κ1) is 19.3. The third-order valence-electron chi connectivity index (χ3n) is 3.12. The number of amides is 3. The second-order valence-corrected chi connectivity index (χ2v) is 5.26. The number of hydrogen-bond donors (Lipinski definition) is 2. The van der Waals surface area contributed by atoms with Crippen molar-refractivity contribution >= 4 is 17.9 Å². The minimum atomic E-state index is -4.61. The molecule has 0 bridgehead atoms. The summed E-state index contributed by atoms with van der Waals surface area (Å²) in [6.45, 7) is -0.908. The van der Waals surface area contributed by atoms with Crippen molar-refractivity contribution in [1.82, 2.24) is 10.6 Å². The van der Waals surface area contributed by atoms with Crippen LogP contribution in [0, 0.1) is 0 Å². The van der Waals surface area contributed by atoms with Crippen LogP contribution in [0.1, 0.15) is 6.92 Å². The summed E-state index contributed by atoms with van der Waals surface area (Å²) in [5, 5.41) is 3.04. The second kappa shape index (κ2) is 7.93. The highest BCUT2D eigenvalue weighted by Gasteiger charge is 2.35. The summed E-state index contributed by atoms with van der Waals surface area (Å²) >= 11 is 0. The van der Waals surface area contributed by atoms with Crippen LogP contribution in [0.25, 0.3) is 0 Å². The number of carbonyl (C=O) groups is 3. The molecule has 3 amide bonds. The van der Waals surface area contributed by atoms with Gasteiger partial charge in [-0.2, -0.15) is 13.2 Å². The zero-order valence-electron chi connectivity index (χ0n) is 13.5. The molecule has 2 atom stereocenters. The number of esters is 1. The molecule has 0 aromatic heterocycles. The smallest absolute Gasteiger partial charge is 0.405 e. The van der Waals surface area contributed by atoms with Crippen LogP contribution in [0.3, 0.4) is 0 Å². The summed E-state index contributed by atoms with van der Waals surface area (Å²) in [7, 11) is 0. The number of ether oxygens (including phenoxy) is 3. The monoisotopic (exact) mass is 376 g/mol. The first-order valence-corrected chi connectivity index (χ1v) is 7.39. The Kier molecular flexibility index (Phi) is 5.90. The van der Waals surface area contributed by atoms with Gasteiger partial charge in [0.15, 0.2) is 18.1 Å². The molecule has 1 aliphatic rings. The molecule has 1 heterocycles. The minimum Gasteiger partial charge on any atom is -0.482 e. The van der Waals surface area contributed by atoms with Crippen LogP contribution >= 0.6 is 0 Å². The molecule has 2 rings (SSSR count). The molecule has 2 N–H and O–H groups in total. The molecule has 1 aromatic rings. The molecule has 8 nitrogen and oxygen atoms in total. The molecule has 0 aliphatic carbocycles. The molecule has 142 valence electrons. The average molecular weight is 376 g/mol. The molecule has 0 radical (unpaired) electrons. The molecule has 26 heavy (non-hydrogen) atoms. The molecule has 1 aliphatic heterocycles. The number of halogens is 3. The summed E-state index contributed by atoms with van der Waals surface area (Å²) in [5.41, 5.74) is 0. The fourth-order valence-corrected chi connectivity index (χ4v) is 1.99. The molecule has 0 saturated carbocycles. The van der Waals surface area contributed by atoms with Crippen LogP contribution in [-0.4, -0.2) is 49.4 Å². The number of para-hydroxylation sites is 2. The first-order valence-electron chi connectivity index (χ1n) is 7.39. The Morgan fingerprint density at radius 3 is 2.38 bits per heavy atom. The number of imide groups is 1. The highest BCUT2D eigenvalue weighted by molar-refractivity contribution is 5.95. The standard InChI is InChI=1S/C15H15F3N2O6/c1-8-12(26-10-5-3-2-4-9(10)25-8)13(22)24-6-11(21)20-14(23)19-7-15(16,17)18/h2-5,8,12H,6-7H2,1H3,(H2,19,20,21,23). The normalized spacial score (nSPS) is 18.6. The van der Waals surface area contributed by atoms with Gasteiger partial charge in [0.2, 0.25) is 6.10 Å². The van der Waals surface area contributed by atoms with Crippen molar-refractivity contribution in [3.05, 3.63) is 24.3 Å². The van der Waals surface area contributed by atoms with Gasteiger partial charge in [0.25, 0.3) is 5.91 Å². The molecular formula is C15H15F3N2O6. The predicted octanol–water partition coefficient (Wildman–Crippen LogP) is 1.15. The maximum absolute atomic E-state index is 12.0. The predicted molar refractivity (Wildman–Crippen MR) is 79.5 cm³/mol. The second-order valence-electron chi connectivity index (χ2n) is 5.26. The lowest BCUT2D eigenvalue weighted by atomic mass is 10.2. The number of rotatable bonds is 4. The van der Waals surface area contributed by atoms with Crippen molar-refractivity contribution in [2.45, 2.75) is 25.3 Å². The van der Waals surface area contributed by atoms with Gasteiger partial charge in [-0.1, -0.05) is 12.1 Å². The summed E-state index contributed by atoms with van der Waals surface area (Å²) in [5.74, 6) is -1.24. The summed E-state index contributed by atoms with van der Waals surface area (Å²) in [6.07, 6.45) is -6.45. The van der Waals surface area contributed by atoms with Gasteiger partial charge < -0.3 is 19.5 Å². The fraction of sp³-hybridized carbons (Fsp3) is 0.400. The molecule has 11 heteroatoms. The van der Waals surface area contributed by atoms with E-state index >= 15 is 0 Å². The quantitative estimate of drug-likeness (QED) is 0.764. The van der Waals surface area contributed by atoms with Crippen LogP contribution in [-0.2, 0) is 14.3 Å². The number of hydrogen-bond acceptors (Lipinski definition) is 6. The van der Waals surface area contributed by atoms with E-state index in [1.54, 1.807) is 36.5 Å². The number of nitrogens with one attached hydrogen (secondary N) is 2. The van der Waals surface area contributed by atoms with Gasteiger partial charge >= 0.3 is 18.2 Å². The van der Waals surface area contributed by atoms with Crippen molar-refractivity contribution in [2.24, 2.45) is 0 Å². The number of fused-ring (bicyclic) bond motifs is 1. The molecule has 2 unspecified atom stereocenters. The van der Waals surface area contributed by atoms with Crippen molar-refractivity contribution in [3.8, 4) is 11.5 Å². The minimum absolute atomic E-state index is 0.323. The van der Waals surface area contributed by atoms with Gasteiger partial charge in [-0.15, -0.1) is 0 Å². The van der Waals surface area contributed by atoms with Gasteiger partial charge in [-0.25, -0.2) is 9.59 Å². The lowest BCUT2D eigenvalue weighted by Gasteiger charge is -2.30. The maximum Gasteiger partial charge on any atom is 0.405 e. The van der Waals surface area contributed by atoms with Gasteiger partial charge in [-0.3, -0.25) is 10.1 Å². The Balaban J connectivity index is 1.79. The molecule has 0 saturated heterocycles. The van der Waals surface area contributed by atoms with Crippen LogP contribution in [0.15, 0.2) is 24.3 Å². The topological polar surface area (TPSA) is 103 Å². The lowest BCUT2D eigenvalue weighted by Crippen LogP contribution is -2.47. The summed E-state index contributed by atoms with van der Waals surface area (Å²) in [6, 6.07) is 5.28. The highest BCUT2D eigenvalue weighted by Crippen LogP contribution is 2.33. The van der Waals surface area contributed by atoms with Gasteiger partial charge in [0, 0.05) is 0 Å². The van der Waals surface area contributed by atoms with Gasteiger partial charge in [-0.05, 0) is 19.1 Å². The number of benzene rings is 1. The zero-order chi connectivity index (χ0) is 19.3. The van der Waals surface area contributed by atoms with E-state index < -0.39 is 49.4 Å². The van der Waals surface area contributed by atoms with E-state index in [1.807, 2.05) is 0 Å². The summed E-state index contributed by atoms with van der Waals surface area (Å²) in [4.78, 5) is 34.6. The average Bonchev–Trinajstić information content (AvgIpc) is 2.56. The van der Waals surface area contributed by atoms with Crippen LogP contribution in [0.4, 0.5) is 18.0 Å². The van der Waals surface area contributed by atoms with Crippen molar-refractivity contribution in [2.75, 3.05) is 13.2 Å². The van der Waals surface area contributed by atoms with Crippen LogP contribution in [0.5, 0.6) is 11.5 Å². The number of urea groups is 1. The van der Waals surface area contributed by atoms with Crippen molar-refractivity contribution in [1.29, 1.82) is 0 Å². The Hall–Kier alpha value is -2.98. The van der Waals surface area contributed by atoms with E-state index in [0.29, 0.717) is 11.5 Å². The Labute approximate surface area is 145 Å². The van der Waals surface area contributed by atoms with E-state index in [4.69, 9.17) is 14.2 Å². The highest BCUT2D eigenvalue weighted by atomic mass is 19.4. The maximum atomic E-state index is 12.0. The first-order chi connectivity index (χ1) is 12.2. The van der Waals surface area contributed by atoms with Gasteiger partial charge in [0.05, 0.1) is 0 Å². The molecule has 0 fully saturated rings. The van der Waals surface area contributed by atoms with Crippen LogP contribution in [0.2, 0.25) is 0 Å². The largest absolute Gasteiger partial charge is 0.482 e. The third-order valence-corrected chi connectivity index (χ3v) is 3.12. The van der Waals surface area contributed by atoms with E-state index in [9.17, 15) is 27.6 Å². The lowest BCUT2D eigenvalue weighted by molar-refractivity contribution is -0.160. The summed E-state index contributed by atoms with van der Waals surface area (Å²) < 4.78 is 51.5. The molecule has 0 spiro atoms. The third kappa shape index (κ3) is 5.53. The fourth-order valence-electron chi connectivity index (χ4n) is 1.99.